The molecule has 118 valence electrons. The fourth-order valence-corrected chi connectivity index (χ4v) is 2.27. The summed E-state index contributed by atoms with van der Waals surface area (Å²) in [7, 11) is 1.24. The minimum atomic E-state index is -1.28. The van der Waals surface area contributed by atoms with Gasteiger partial charge >= 0.3 is 11.9 Å². The van der Waals surface area contributed by atoms with Gasteiger partial charge < -0.3 is 20.7 Å². The maximum Gasteiger partial charge on any atom is 0.339 e. The normalized spacial score (nSPS) is 12.2. The molecule has 0 aliphatic heterocycles. The molecule has 0 aliphatic carbocycles. The molecular weight excluding hydrogens is 366 g/mol. The number of benzene rings is 1. The molecule has 0 amide bonds. The van der Waals surface area contributed by atoms with E-state index in [9.17, 15) is 14.7 Å². The highest BCUT2D eigenvalue weighted by atomic mass is 79.9. The first-order valence-electron chi connectivity index (χ1n) is 5.72. The lowest BCUT2D eigenvalue weighted by Gasteiger charge is -2.29. The van der Waals surface area contributed by atoms with E-state index in [2.05, 4.69) is 20.7 Å². The molecule has 1 aromatic carbocycles. The van der Waals surface area contributed by atoms with Crippen molar-refractivity contribution < 1.29 is 24.5 Å². The highest BCUT2D eigenvalue weighted by molar-refractivity contribution is 9.10. The quantitative estimate of drug-likeness (QED) is 0.690. The number of aromatic hydroxyl groups is 1. The van der Waals surface area contributed by atoms with Gasteiger partial charge in [-0.1, -0.05) is 15.9 Å². The minimum absolute atomic E-state index is 0. The first-order chi connectivity index (χ1) is 9.12. The Balaban J connectivity index is 0.00000400. The molecule has 1 rings (SSSR count). The number of ether oxygens (including phenoxy) is 1. The Kier molecular flexibility index (Phi) is 6.66. The summed E-state index contributed by atoms with van der Waals surface area (Å²) in [5, 5.41) is 19.1. The molecule has 1 aromatic rings. The molecule has 0 radical (unpaired) electrons. The predicted octanol–water partition coefficient (Wildman–Crippen LogP) is 2.47. The van der Waals surface area contributed by atoms with Crippen LogP contribution in [0.4, 0.5) is 0 Å². The van der Waals surface area contributed by atoms with E-state index in [0.29, 0.717) is 4.47 Å². The Bertz CT molecular complexity index is 562. The smallest absolute Gasteiger partial charge is 0.339 e. The summed E-state index contributed by atoms with van der Waals surface area (Å²) in [6.07, 6.45) is 0. The van der Waals surface area contributed by atoms with E-state index in [4.69, 9.17) is 10.8 Å². The molecule has 0 aromatic heterocycles. The van der Waals surface area contributed by atoms with Crippen LogP contribution in [-0.4, -0.2) is 29.3 Å². The van der Waals surface area contributed by atoms with Gasteiger partial charge in [0.1, 0.15) is 11.3 Å². The second-order valence-corrected chi connectivity index (χ2v) is 5.80. The lowest BCUT2D eigenvalue weighted by atomic mass is 9.80. The van der Waals surface area contributed by atoms with Gasteiger partial charge in [0.25, 0.3) is 0 Å². The van der Waals surface area contributed by atoms with Gasteiger partial charge in [0.05, 0.1) is 12.5 Å². The van der Waals surface area contributed by atoms with Crippen LogP contribution in [0.5, 0.6) is 5.75 Å². The molecule has 6 nitrogen and oxygen atoms in total. The van der Waals surface area contributed by atoms with Gasteiger partial charge in [0.2, 0.25) is 0 Å². The largest absolute Gasteiger partial charge is 0.507 e. The number of carbonyl (C=O) groups excluding carboxylic acids is 1. The zero-order valence-corrected chi connectivity index (χ0v) is 14.1. The van der Waals surface area contributed by atoms with E-state index < -0.39 is 29.1 Å². The van der Waals surface area contributed by atoms with Gasteiger partial charge in [0.15, 0.2) is 0 Å². The van der Waals surface area contributed by atoms with E-state index in [1.165, 1.54) is 19.2 Å². The maximum absolute atomic E-state index is 11.8. The van der Waals surface area contributed by atoms with Crippen molar-refractivity contribution >= 4 is 40.3 Å². The van der Waals surface area contributed by atoms with E-state index >= 15 is 0 Å². The van der Waals surface area contributed by atoms with E-state index in [1.807, 2.05) is 0 Å². The first-order valence-corrected chi connectivity index (χ1v) is 6.52. The number of nitrogens with two attached hydrogens (primary N) is 1. The average molecular weight is 383 g/mol. The van der Waals surface area contributed by atoms with Gasteiger partial charge in [-0.3, -0.25) is 4.79 Å². The Morgan fingerprint density at radius 2 is 1.90 bits per heavy atom. The van der Waals surface area contributed by atoms with Crippen LogP contribution in [0.2, 0.25) is 0 Å². The summed E-state index contributed by atoms with van der Waals surface area (Å²) < 4.78 is 5.12. The monoisotopic (exact) mass is 381 g/mol. The second kappa shape index (κ2) is 7.11. The topological polar surface area (TPSA) is 110 Å². The first kappa shape index (κ1) is 19.7. The Hall–Kier alpha value is -1.31. The molecule has 4 N–H and O–H groups in total. The van der Waals surface area contributed by atoms with Gasteiger partial charge in [-0.15, -0.1) is 12.4 Å². The predicted molar refractivity (Wildman–Crippen MR) is 82.7 cm³/mol. The summed E-state index contributed by atoms with van der Waals surface area (Å²) in [4.78, 5) is 22.8. The number of carbonyl (C=O) groups is 2. The Morgan fingerprint density at radius 3 is 2.33 bits per heavy atom. The molecule has 21 heavy (non-hydrogen) atoms. The number of carboxylic acid groups (broad SMARTS) is 1. The van der Waals surface area contributed by atoms with Gasteiger partial charge in [-0.2, -0.15) is 0 Å². The summed E-state index contributed by atoms with van der Waals surface area (Å²) in [6.45, 7) is 3.12. The highest BCUT2D eigenvalue weighted by Gasteiger charge is 2.38. The number of esters is 1. The molecule has 0 spiro atoms. The van der Waals surface area contributed by atoms with Crippen molar-refractivity contribution in [3.05, 3.63) is 27.7 Å². The van der Waals surface area contributed by atoms with Crippen LogP contribution in [0.1, 0.15) is 35.8 Å². The molecule has 0 unspecified atom stereocenters. The summed E-state index contributed by atoms with van der Waals surface area (Å²) in [5.41, 5.74) is 4.76. The van der Waals surface area contributed by atoms with Gasteiger partial charge in [0, 0.05) is 16.1 Å². The van der Waals surface area contributed by atoms with E-state index in [0.717, 1.165) is 0 Å². The van der Waals surface area contributed by atoms with Crippen LogP contribution < -0.4 is 5.73 Å². The number of methoxy groups -OCH3 is 1. The minimum Gasteiger partial charge on any atom is -0.507 e. The molecule has 0 aliphatic rings. The average Bonchev–Trinajstić information content (AvgIpc) is 2.38. The number of halogens is 2. The third kappa shape index (κ3) is 3.87. The van der Waals surface area contributed by atoms with Crippen molar-refractivity contribution in [1.82, 2.24) is 0 Å². The zero-order valence-electron chi connectivity index (χ0n) is 11.7. The van der Waals surface area contributed by atoms with Crippen molar-refractivity contribution in [3.8, 4) is 5.75 Å². The third-order valence-corrected chi connectivity index (χ3v) is 3.62. The molecule has 8 heteroatoms. The standard InChI is InChI=1S/C13H16BrNO5.ClH/c1-13(2,12(19)20-3)10(15)7-4-6(14)5-8(9(7)16)11(17)18;/h4-5,10,16H,15H2,1-3H3,(H,17,18);1H/t10-;/m1./s1. The number of hydrogen-bond acceptors (Lipinski definition) is 5. The Morgan fingerprint density at radius 1 is 1.38 bits per heavy atom. The molecule has 0 bridgehead atoms. The number of phenols is 1. The van der Waals surface area contributed by atoms with Crippen molar-refractivity contribution in [2.75, 3.05) is 7.11 Å². The van der Waals surface area contributed by atoms with Crippen LogP contribution in [0.25, 0.3) is 0 Å². The molecule has 0 fully saturated rings. The van der Waals surface area contributed by atoms with Crippen molar-refractivity contribution in [2.24, 2.45) is 11.1 Å². The SMILES string of the molecule is COC(=O)C(C)(C)[C@H](N)c1cc(Br)cc(C(=O)O)c1O.Cl. The second-order valence-electron chi connectivity index (χ2n) is 4.89. The van der Waals surface area contributed by atoms with E-state index in [1.54, 1.807) is 13.8 Å². The number of aromatic carboxylic acids is 1. The number of rotatable bonds is 4. The van der Waals surface area contributed by atoms with Gasteiger partial charge in [-0.25, -0.2) is 4.79 Å². The van der Waals surface area contributed by atoms with Crippen LogP contribution in [0.15, 0.2) is 16.6 Å². The summed E-state index contributed by atoms with van der Waals surface area (Å²) in [6, 6.07) is 1.82. The molecular formula is C13H17BrClNO5. The third-order valence-electron chi connectivity index (χ3n) is 3.16. The summed E-state index contributed by atoms with van der Waals surface area (Å²) in [5.74, 6) is -2.29. The number of hydrogen-bond donors (Lipinski definition) is 3. The van der Waals surface area contributed by atoms with Crippen LogP contribution in [-0.2, 0) is 9.53 Å². The molecule has 0 saturated heterocycles. The zero-order chi connectivity index (χ0) is 15.7. The highest BCUT2D eigenvalue weighted by Crippen LogP contribution is 2.39. The fourth-order valence-electron chi connectivity index (χ4n) is 1.80. The van der Waals surface area contributed by atoms with Crippen molar-refractivity contribution in [3.63, 3.8) is 0 Å². The van der Waals surface area contributed by atoms with E-state index in [-0.39, 0.29) is 23.5 Å². The lowest BCUT2D eigenvalue weighted by molar-refractivity contribution is -0.152. The van der Waals surface area contributed by atoms with Crippen molar-refractivity contribution in [2.45, 2.75) is 19.9 Å². The molecule has 0 heterocycles. The maximum atomic E-state index is 11.8. The Labute approximate surface area is 136 Å². The van der Waals surface area contributed by atoms with Crippen LogP contribution in [0, 0.1) is 5.41 Å². The lowest BCUT2D eigenvalue weighted by Crippen LogP contribution is -2.37. The molecule has 1 atom stereocenters. The van der Waals surface area contributed by atoms with Gasteiger partial charge in [-0.05, 0) is 26.0 Å². The molecule has 0 saturated carbocycles. The summed E-state index contributed by atoms with van der Waals surface area (Å²) >= 11 is 3.16. The fraction of sp³-hybridized carbons (Fsp3) is 0.385. The van der Waals surface area contributed by atoms with Crippen molar-refractivity contribution in [1.29, 1.82) is 0 Å². The van der Waals surface area contributed by atoms with Crippen LogP contribution >= 0.6 is 28.3 Å². The number of carboxylic acids is 1. The van der Waals surface area contributed by atoms with Crippen LogP contribution in [0.3, 0.4) is 0 Å².